The van der Waals surface area contributed by atoms with Crippen molar-refractivity contribution in [3.8, 4) is 23.5 Å². The van der Waals surface area contributed by atoms with Gasteiger partial charge in [-0.25, -0.2) is 4.98 Å². The second kappa shape index (κ2) is 5.93. The topological polar surface area (TPSA) is 76.3 Å². The maximum absolute atomic E-state index is 9.51. The molecule has 2 radical (unpaired) electrons. The van der Waals surface area contributed by atoms with Gasteiger partial charge in [-0.1, -0.05) is 12.1 Å². The number of rotatable bonds is 1. The lowest BCUT2D eigenvalue weighted by atomic mass is 10.0. The van der Waals surface area contributed by atoms with Gasteiger partial charge in [-0.05, 0) is 38.9 Å². The van der Waals surface area contributed by atoms with Crippen LogP contribution >= 0.6 is 38.6 Å². The van der Waals surface area contributed by atoms with Crippen molar-refractivity contribution >= 4 is 82.4 Å². The third-order valence-electron chi connectivity index (χ3n) is 4.43. The number of aromatic nitrogens is 2. The Balaban J connectivity index is 1.97. The minimum atomic E-state index is 0.415. The summed E-state index contributed by atoms with van der Waals surface area (Å²) in [6.45, 7) is 0. The first kappa shape index (κ1) is 16.5. The molecule has 4 nitrogen and oxygen atoms in total. The Morgan fingerprint density at radius 2 is 1.74 bits per heavy atom. The average molecular weight is 445 g/mol. The van der Waals surface area contributed by atoms with Crippen LogP contribution < -0.4 is 4.78 Å². The fraction of sp³-hybridized carbons (Fsp3) is 0. The van der Waals surface area contributed by atoms with Gasteiger partial charge < -0.3 is 4.98 Å². The molecule has 0 aliphatic carbocycles. The zero-order valence-electron chi connectivity index (χ0n) is 13.5. The van der Waals surface area contributed by atoms with Gasteiger partial charge >= 0.3 is 0 Å². The lowest BCUT2D eigenvalue weighted by Crippen LogP contribution is -1.91. The highest BCUT2D eigenvalue weighted by Crippen LogP contribution is 2.42. The summed E-state index contributed by atoms with van der Waals surface area (Å²) < 4.78 is 3.80. The summed E-state index contributed by atoms with van der Waals surface area (Å²) in [5.74, 6) is 0.518. The molecule has 0 unspecified atom stereocenters. The van der Waals surface area contributed by atoms with Crippen LogP contribution in [0.4, 0.5) is 0 Å². The van der Waals surface area contributed by atoms with Gasteiger partial charge in [0.2, 0.25) is 0 Å². The van der Waals surface area contributed by atoms with Crippen LogP contribution in [0.15, 0.2) is 34.1 Å². The van der Waals surface area contributed by atoms with Gasteiger partial charge in [0, 0.05) is 10.8 Å². The van der Waals surface area contributed by atoms with Crippen LogP contribution in [0.5, 0.6) is 0 Å². The Kier molecular flexibility index (Phi) is 3.63. The quantitative estimate of drug-likeness (QED) is 0.371. The van der Waals surface area contributed by atoms with Crippen molar-refractivity contribution in [3.05, 3.63) is 45.2 Å². The Morgan fingerprint density at radius 3 is 2.44 bits per heavy atom. The molecule has 124 valence electrons. The molecular weight excluding hydrogens is 439 g/mol. The minimum Gasteiger partial charge on any atom is -0.337 e. The third-order valence-corrected chi connectivity index (χ3v) is 7.06. The van der Waals surface area contributed by atoms with Crippen LogP contribution in [0.1, 0.15) is 11.1 Å². The predicted molar refractivity (Wildman–Crippen MR) is 115 cm³/mol. The minimum absolute atomic E-state index is 0.415. The number of hydrogen-bond donors (Lipinski definition) is 1. The standard InChI is InChI=1S/C19H6BBrN4S2/c20-12-4-10-11-5-13(21)27-18(11)16-15(17(10)26-12)24-19(25-16)14-8(6-22)2-1-3-9(14)7-23/h1-5H,(H,24,25). The highest BCUT2D eigenvalue weighted by Gasteiger charge is 2.20. The second-order valence-corrected chi connectivity index (χ2v) is 9.46. The monoisotopic (exact) mass is 444 g/mol. The van der Waals surface area contributed by atoms with Crippen LogP contribution in [0, 0.1) is 22.7 Å². The van der Waals surface area contributed by atoms with Gasteiger partial charge in [-0.3, -0.25) is 0 Å². The van der Waals surface area contributed by atoms with E-state index in [0.717, 1.165) is 39.8 Å². The molecule has 8 heteroatoms. The molecule has 5 rings (SSSR count). The van der Waals surface area contributed by atoms with Gasteiger partial charge in [0.1, 0.15) is 19.2 Å². The van der Waals surface area contributed by atoms with Crippen molar-refractivity contribution in [3.63, 3.8) is 0 Å². The Morgan fingerprint density at radius 1 is 1.04 bits per heavy atom. The van der Waals surface area contributed by atoms with Crippen molar-refractivity contribution in [2.24, 2.45) is 0 Å². The number of nitrogens with zero attached hydrogens (tertiary/aromatic N) is 3. The van der Waals surface area contributed by atoms with E-state index in [1.54, 1.807) is 29.5 Å². The molecule has 5 aromatic rings. The maximum atomic E-state index is 9.51. The molecule has 1 N–H and O–H groups in total. The summed E-state index contributed by atoms with van der Waals surface area (Å²) in [4.78, 5) is 8.15. The molecule has 3 heterocycles. The van der Waals surface area contributed by atoms with Crippen molar-refractivity contribution in [2.75, 3.05) is 0 Å². The summed E-state index contributed by atoms with van der Waals surface area (Å²) >= 11 is 6.67. The van der Waals surface area contributed by atoms with E-state index in [4.69, 9.17) is 12.8 Å². The van der Waals surface area contributed by atoms with Crippen molar-refractivity contribution < 1.29 is 0 Å². The molecule has 0 atom stereocenters. The molecule has 0 saturated heterocycles. The lowest BCUT2D eigenvalue weighted by molar-refractivity contribution is 1.31. The fourth-order valence-corrected chi connectivity index (χ4v) is 5.90. The van der Waals surface area contributed by atoms with Gasteiger partial charge in [0.25, 0.3) is 0 Å². The number of imidazole rings is 1. The molecule has 0 aliphatic heterocycles. The van der Waals surface area contributed by atoms with E-state index >= 15 is 0 Å². The fourth-order valence-electron chi connectivity index (χ4n) is 3.35. The molecule has 2 aromatic carbocycles. The number of benzene rings is 2. The molecule has 0 spiro atoms. The number of thiophene rings is 2. The SMILES string of the molecule is [B]c1cc2c3cc(Br)sc3c3[nH]c(-c4c(C#N)cccc4C#N)nc3c2s1. The number of fused-ring (bicyclic) bond motifs is 6. The van der Waals surface area contributed by atoms with E-state index < -0.39 is 0 Å². The number of aromatic amines is 1. The normalized spacial score (nSPS) is 11.2. The molecule has 0 amide bonds. The summed E-state index contributed by atoms with van der Waals surface area (Å²) in [5.41, 5.74) is 3.05. The number of halogens is 1. The molecule has 27 heavy (non-hydrogen) atoms. The summed E-state index contributed by atoms with van der Waals surface area (Å²) in [5, 5.41) is 21.2. The van der Waals surface area contributed by atoms with E-state index in [2.05, 4.69) is 39.1 Å². The second-order valence-electron chi connectivity index (χ2n) is 5.95. The number of nitriles is 2. The zero-order valence-corrected chi connectivity index (χ0v) is 16.7. The van der Waals surface area contributed by atoms with Crippen LogP contribution in [0.25, 0.3) is 42.6 Å². The maximum Gasteiger partial charge on any atom is 0.141 e. The number of H-pyrrole nitrogens is 1. The van der Waals surface area contributed by atoms with Crippen LogP contribution in [0.2, 0.25) is 0 Å². The molecule has 0 aliphatic rings. The molecule has 0 fully saturated rings. The molecule has 0 saturated carbocycles. The van der Waals surface area contributed by atoms with E-state index in [9.17, 15) is 10.5 Å². The highest BCUT2D eigenvalue weighted by molar-refractivity contribution is 9.11. The van der Waals surface area contributed by atoms with E-state index in [0.29, 0.717) is 22.5 Å². The van der Waals surface area contributed by atoms with Crippen LogP contribution in [0.3, 0.4) is 0 Å². The van der Waals surface area contributed by atoms with E-state index in [-0.39, 0.29) is 0 Å². The Labute approximate surface area is 171 Å². The largest absolute Gasteiger partial charge is 0.337 e. The smallest absolute Gasteiger partial charge is 0.141 e. The molecule has 3 aromatic heterocycles. The first-order chi connectivity index (χ1) is 13.1. The summed E-state index contributed by atoms with van der Waals surface area (Å²) in [6.07, 6.45) is 0. The zero-order chi connectivity index (χ0) is 18.7. The number of nitrogens with one attached hydrogen (secondary N) is 1. The first-order valence-electron chi connectivity index (χ1n) is 7.84. The van der Waals surface area contributed by atoms with Gasteiger partial charge in [-0.2, -0.15) is 10.5 Å². The van der Waals surface area contributed by atoms with E-state index in [1.165, 1.54) is 11.3 Å². The average Bonchev–Trinajstić information content (AvgIpc) is 3.36. The van der Waals surface area contributed by atoms with Crippen molar-refractivity contribution in [1.82, 2.24) is 9.97 Å². The summed E-state index contributed by atoms with van der Waals surface area (Å²) in [7, 11) is 6.07. The Hall–Kier alpha value is -2.65. The molecule has 0 bridgehead atoms. The highest BCUT2D eigenvalue weighted by atomic mass is 79.9. The number of hydrogen-bond acceptors (Lipinski definition) is 5. The van der Waals surface area contributed by atoms with Gasteiger partial charge in [-0.15, -0.1) is 22.7 Å². The summed E-state index contributed by atoms with van der Waals surface area (Å²) in [6, 6.07) is 13.5. The van der Waals surface area contributed by atoms with Gasteiger partial charge in [0.15, 0.2) is 0 Å². The van der Waals surface area contributed by atoms with Gasteiger partial charge in [0.05, 0.1) is 47.5 Å². The lowest BCUT2D eigenvalue weighted by Gasteiger charge is -2.02. The van der Waals surface area contributed by atoms with Crippen molar-refractivity contribution in [1.29, 1.82) is 10.5 Å². The molecular formula is C19H6BBrN4S2. The van der Waals surface area contributed by atoms with Crippen LogP contribution in [-0.4, -0.2) is 17.8 Å². The van der Waals surface area contributed by atoms with Crippen molar-refractivity contribution in [2.45, 2.75) is 0 Å². The van der Waals surface area contributed by atoms with E-state index in [1.807, 2.05) is 6.07 Å². The first-order valence-corrected chi connectivity index (χ1v) is 10.3. The third kappa shape index (κ3) is 2.35. The van der Waals surface area contributed by atoms with Crippen LogP contribution in [-0.2, 0) is 0 Å². The predicted octanol–water partition coefficient (Wildman–Crippen LogP) is 4.96. The Bertz CT molecular complexity index is 1370.